The second-order valence-corrected chi connectivity index (χ2v) is 16.2. The van der Waals surface area contributed by atoms with E-state index in [0.717, 1.165) is 32.1 Å². The highest BCUT2D eigenvalue weighted by atomic mass is 16.7. The van der Waals surface area contributed by atoms with E-state index in [4.69, 9.17) is 18.9 Å². The topological polar surface area (TPSA) is 196 Å². The lowest BCUT2D eigenvalue weighted by Crippen LogP contribution is -2.63. The SMILES string of the molecule is CC1(C)C2=CCC3C(C)(C(=O)CC4(C)CCCC34C)C2CCC1O[C@@H]1O[C@H](CO[C@@H]2O[C@H](CO)[C@@H](O)[C@H](O)[C@H]2O)[C@@H](O)[C@H](O)[C@H]1O. The Balaban J connectivity index is 1.17. The summed E-state index contributed by atoms with van der Waals surface area (Å²) in [4.78, 5) is 14.1. The monoisotopic (exact) mass is 654 g/mol. The number of ketones is 1. The third-order valence-corrected chi connectivity index (χ3v) is 13.6. The molecule has 6 rings (SSSR count). The summed E-state index contributed by atoms with van der Waals surface area (Å²) < 4.78 is 23.3. The van der Waals surface area contributed by atoms with Gasteiger partial charge in [0, 0.05) is 17.3 Å². The Morgan fingerprint density at radius 1 is 0.826 bits per heavy atom. The summed E-state index contributed by atoms with van der Waals surface area (Å²) >= 11 is 0. The molecule has 12 nitrogen and oxygen atoms in total. The second-order valence-electron chi connectivity index (χ2n) is 16.2. The van der Waals surface area contributed by atoms with Crippen molar-refractivity contribution in [2.24, 2.45) is 33.5 Å². The van der Waals surface area contributed by atoms with Crippen LogP contribution in [0.4, 0.5) is 0 Å². The highest BCUT2D eigenvalue weighted by molar-refractivity contribution is 5.88. The maximum absolute atomic E-state index is 14.1. The number of Topliss-reactive ketones (excluding diaryl/α,β-unsaturated/α-hetero) is 1. The van der Waals surface area contributed by atoms with Crippen LogP contribution in [0.3, 0.4) is 0 Å². The molecule has 6 aliphatic rings. The molecule has 0 spiro atoms. The van der Waals surface area contributed by atoms with Gasteiger partial charge in [-0.15, -0.1) is 0 Å². The van der Waals surface area contributed by atoms with Gasteiger partial charge in [-0.2, -0.15) is 0 Å². The molecule has 0 bridgehead atoms. The van der Waals surface area contributed by atoms with Gasteiger partial charge in [0.15, 0.2) is 12.6 Å². The average Bonchev–Trinajstić information content (AvgIpc) is 3.31. The van der Waals surface area contributed by atoms with E-state index in [1.165, 1.54) is 5.57 Å². The van der Waals surface area contributed by atoms with Crippen LogP contribution in [0.5, 0.6) is 0 Å². The number of aliphatic hydroxyl groups excluding tert-OH is 7. The van der Waals surface area contributed by atoms with Gasteiger partial charge in [-0.25, -0.2) is 0 Å². The zero-order chi connectivity index (χ0) is 33.6. The highest BCUT2D eigenvalue weighted by Gasteiger charge is 2.68. The fraction of sp³-hybridized carbons (Fsp3) is 0.912. The summed E-state index contributed by atoms with van der Waals surface area (Å²) in [6.07, 6.45) is -6.64. The fourth-order valence-electron chi connectivity index (χ4n) is 10.4. The molecule has 46 heavy (non-hydrogen) atoms. The largest absolute Gasteiger partial charge is 0.394 e. The Labute approximate surface area is 270 Å². The van der Waals surface area contributed by atoms with E-state index in [0.29, 0.717) is 18.6 Å². The molecule has 0 radical (unpaired) electrons. The van der Waals surface area contributed by atoms with Crippen molar-refractivity contribution >= 4 is 5.78 Å². The van der Waals surface area contributed by atoms with Crippen LogP contribution in [0.2, 0.25) is 0 Å². The molecule has 3 saturated carbocycles. The molecule has 2 saturated heterocycles. The van der Waals surface area contributed by atoms with E-state index < -0.39 is 91.6 Å². The van der Waals surface area contributed by atoms with Gasteiger partial charge in [0.05, 0.1) is 19.3 Å². The molecule has 2 aliphatic heterocycles. The fourth-order valence-corrected chi connectivity index (χ4v) is 10.4. The number of allylic oxidation sites excluding steroid dienone is 1. The first kappa shape index (κ1) is 34.8. The molecule has 6 unspecified atom stereocenters. The number of carbonyl (C=O) groups excluding carboxylic acids is 1. The number of carbonyl (C=O) groups is 1. The van der Waals surface area contributed by atoms with Crippen LogP contribution in [0.25, 0.3) is 0 Å². The van der Waals surface area contributed by atoms with E-state index in [1.54, 1.807) is 0 Å². The molecule has 0 aromatic heterocycles. The maximum Gasteiger partial charge on any atom is 0.187 e. The predicted molar refractivity (Wildman–Crippen MR) is 162 cm³/mol. The minimum absolute atomic E-state index is 0.0400. The van der Waals surface area contributed by atoms with Crippen LogP contribution >= 0.6 is 0 Å². The van der Waals surface area contributed by atoms with E-state index in [9.17, 15) is 40.5 Å². The molecule has 0 aromatic rings. The van der Waals surface area contributed by atoms with Crippen molar-refractivity contribution in [3.8, 4) is 0 Å². The first-order valence-electron chi connectivity index (χ1n) is 17.0. The van der Waals surface area contributed by atoms with Crippen molar-refractivity contribution in [1.82, 2.24) is 0 Å². The van der Waals surface area contributed by atoms with Gasteiger partial charge in [0.2, 0.25) is 0 Å². The molecule has 4 aliphatic carbocycles. The molecule has 0 aromatic carbocycles. The van der Waals surface area contributed by atoms with Crippen LogP contribution in [0, 0.1) is 33.5 Å². The van der Waals surface area contributed by atoms with Crippen LogP contribution in [0.1, 0.15) is 79.6 Å². The van der Waals surface area contributed by atoms with Gasteiger partial charge in [0.25, 0.3) is 0 Å². The summed E-state index contributed by atoms with van der Waals surface area (Å²) in [5.41, 5.74) is 0.367. The number of hydrogen-bond donors (Lipinski definition) is 7. The zero-order valence-electron chi connectivity index (χ0n) is 27.6. The van der Waals surface area contributed by atoms with E-state index in [1.807, 2.05) is 0 Å². The lowest BCUT2D eigenvalue weighted by atomic mass is 9.39. The van der Waals surface area contributed by atoms with Crippen LogP contribution in [-0.2, 0) is 23.7 Å². The van der Waals surface area contributed by atoms with E-state index in [-0.39, 0.29) is 22.7 Å². The standard InChI is InChI=1S/C34H54O12/c1-31(2)16-7-9-20-33(4)12-6-11-32(33,3)13-21(36)34(20,5)17(16)8-10-22(31)46-30-28(42)26(40)24(38)19(45-30)15-43-29-27(41)25(39)23(37)18(14-35)44-29/h7,17-20,22-30,35,37-42H,6,8-15H2,1-5H3/t17?,18-,19-,20?,22?,23-,24-,25+,26+,27-,28-,29-,30+,32?,33?,34?/m1/s1. The normalized spacial score (nSPS) is 53.6. The number of rotatable bonds is 6. The first-order valence-corrected chi connectivity index (χ1v) is 17.0. The van der Waals surface area contributed by atoms with Gasteiger partial charge >= 0.3 is 0 Å². The summed E-state index contributed by atoms with van der Waals surface area (Å²) in [6, 6.07) is 0. The van der Waals surface area contributed by atoms with Crippen molar-refractivity contribution in [3.05, 3.63) is 11.6 Å². The molecular formula is C34H54O12. The smallest absolute Gasteiger partial charge is 0.187 e. The molecule has 262 valence electrons. The molecule has 0 amide bonds. The summed E-state index contributed by atoms with van der Waals surface area (Å²) in [5, 5.41) is 72.2. The van der Waals surface area contributed by atoms with E-state index in [2.05, 4.69) is 40.7 Å². The molecular weight excluding hydrogens is 600 g/mol. The quantitative estimate of drug-likeness (QED) is 0.197. The Bertz CT molecular complexity index is 1190. The van der Waals surface area contributed by atoms with Gasteiger partial charge in [-0.3, -0.25) is 4.79 Å². The minimum atomic E-state index is -1.65. The third kappa shape index (κ3) is 5.09. The Hall–Kier alpha value is -1.03. The van der Waals surface area contributed by atoms with Gasteiger partial charge in [-0.1, -0.05) is 52.7 Å². The van der Waals surface area contributed by atoms with Crippen molar-refractivity contribution in [1.29, 1.82) is 0 Å². The van der Waals surface area contributed by atoms with Crippen LogP contribution < -0.4 is 0 Å². The minimum Gasteiger partial charge on any atom is -0.394 e. The van der Waals surface area contributed by atoms with Crippen LogP contribution in [-0.4, -0.2) is 122 Å². The Morgan fingerprint density at radius 2 is 1.46 bits per heavy atom. The Kier molecular flexibility index (Phi) is 9.15. The van der Waals surface area contributed by atoms with Crippen LogP contribution in [0.15, 0.2) is 11.6 Å². The van der Waals surface area contributed by atoms with E-state index >= 15 is 0 Å². The lowest BCUT2D eigenvalue weighted by Gasteiger charge is -2.64. The molecule has 7 N–H and O–H groups in total. The zero-order valence-corrected chi connectivity index (χ0v) is 27.6. The maximum atomic E-state index is 14.1. The number of ether oxygens (including phenoxy) is 4. The van der Waals surface area contributed by atoms with Gasteiger partial charge in [-0.05, 0) is 54.8 Å². The number of aliphatic hydroxyl groups is 7. The second kappa shape index (κ2) is 12.1. The molecule has 5 fully saturated rings. The summed E-state index contributed by atoms with van der Waals surface area (Å²) in [7, 11) is 0. The van der Waals surface area contributed by atoms with Crippen molar-refractivity contribution in [3.63, 3.8) is 0 Å². The summed E-state index contributed by atoms with van der Waals surface area (Å²) in [5.74, 6) is 0.732. The molecule has 16 atom stereocenters. The predicted octanol–water partition coefficient (Wildman–Crippen LogP) is 0.554. The number of hydrogen-bond acceptors (Lipinski definition) is 12. The summed E-state index contributed by atoms with van der Waals surface area (Å²) in [6.45, 7) is 10.1. The Morgan fingerprint density at radius 3 is 2.13 bits per heavy atom. The third-order valence-electron chi connectivity index (χ3n) is 13.6. The molecule has 12 heteroatoms. The number of fused-ring (bicyclic) bond motifs is 5. The van der Waals surface area contributed by atoms with Crippen molar-refractivity contribution in [2.75, 3.05) is 13.2 Å². The van der Waals surface area contributed by atoms with Gasteiger partial charge in [0.1, 0.15) is 54.6 Å². The van der Waals surface area contributed by atoms with Crippen molar-refractivity contribution < 1.29 is 59.5 Å². The highest BCUT2D eigenvalue weighted by Crippen LogP contribution is 2.71. The molecule has 2 heterocycles. The van der Waals surface area contributed by atoms with Crippen molar-refractivity contribution in [2.45, 2.75) is 147 Å². The average molecular weight is 655 g/mol. The lowest BCUT2D eigenvalue weighted by molar-refractivity contribution is -0.340. The van der Waals surface area contributed by atoms with Gasteiger partial charge < -0.3 is 54.7 Å². The first-order chi connectivity index (χ1) is 21.5.